The minimum Gasteiger partial charge on any atom is -0.354 e. The van der Waals surface area contributed by atoms with E-state index < -0.39 is 0 Å². The van der Waals surface area contributed by atoms with Gasteiger partial charge in [0.1, 0.15) is 5.82 Å². The van der Waals surface area contributed by atoms with Crippen LogP contribution in [0.25, 0.3) is 11.5 Å². The normalized spacial score (nSPS) is 24.6. The molecule has 0 spiro atoms. The van der Waals surface area contributed by atoms with E-state index in [0.717, 1.165) is 24.5 Å². The lowest BCUT2D eigenvalue weighted by atomic mass is 10.1. The van der Waals surface area contributed by atoms with E-state index in [9.17, 15) is 0 Å². The van der Waals surface area contributed by atoms with Gasteiger partial charge >= 0.3 is 0 Å². The Bertz CT molecular complexity index is 713. The van der Waals surface area contributed by atoms with E-state index in [1.807, 2.05) is 25.3 Å². The maximum absolute atomic E-state index is 5.40. The van der Waals surface area contributed by atoms with Gasteiger partial charge in [-0.2, -0.15) is 4.98 Å². The van der Waals surface area contributed by atoms with E-state index in [1.165, 1.54) is 19.3 Å². The second kappa shape index (κ2) is 6.16. The number of hydrogen-bond donors (Lipinski definition) is 0. The first kappa shape index (κ1) is 15.6. The molecule has 2 aromatic heterocycles. The van der Waals surface area contributed by atoms with E-state index in [1.54, 1.807) is 0 Å². The standard InChI is InChI=1S/C18H25N5O/c1-12(2)23-14-6-7-15(23)11-22(10-8-14)17-16(5-4-9-19-17)18-20-13(3)21-24-18/h4-5,9,12,14-15H,6-8,10-11H2,1-3H3. The molecule has 4 rings (SSSR count). The van der Waals surface area contributed by atoms with Crippen molar-refractivity contribution >= 4 is 5.82 Å². The predicted octanol–water partition coefficient (Wildman–Crippen LogP) is 2.89. The average Bonchev–Trinajstić information content (AvgIpc) is 3.10. The minimum absolute atomic E-state index is 0.561. The number of anilines is 1. The first-order valence-corrected chi connectivity index (χ1v) is 8.91. The number of fused-ring (bicyclic) bond motifs is 2. The van der Waals surface area contributed by atoms with Crippen LogP contribution in [-0.4, -0.2) is 51.2 Å². The molecule has 4 heterocycles. The second-order valence-corrected chi connectivity index (χ2v) is 7.18. The van der Waals surface area contributed by atoms with Gasteiger partial charge < -0.3 is 9.42 Å². The van der Waals surface area contributed by atoms with Crippen LogP contribution in [0.1, 0.15) is 38.9 Å². The lowest BCUT2D eigenvalue weighted by Crippen LogP contribution is -2.43. The summed E-state index contributed by atoms with van der Waals surface area (Å²) in [6, 6.07) is 5.88. The lowest BCUT2D eigenvalue weighted by Gasteiger charge is -2.32. The zero-order valence-electron chi connectivity index (χ0n) is 14.6. The monoisotopic (exact) mass is 327 g/mol. The van der Waals surface area contributed by atoms with Gasteiger partial charge in [-0.3, -0.25) is 4.90 Å². The molecule has 2 saturated heterocycles. The Kier molecular flexibility index (Phi) is 4.00. The average molecular weight is 327 g/mol. The number of hydrogen-bond acceptors (Lipinski definition) is 6. The molecule has 0 aromatic carbocycles. The second-order valence-electron chi connectivity index (χ2n) is 7.18. The summed E-state index contributed by atoms with van der Waals surface area (Å²) in [5.41, 5.74) is 0.937. The molecule has 2 aromatic rings. The Morgan fingerprint density at radius 1 is 1.21 bits per heavy atom. The highest BCUT2D eigenvalue weighted by Crippen LogP contribution is 2.35. The summed E-state index contributed by atoms with van der Waals surface area (Å²) in [7, 11) is 0. The van der Waals surface area contributed by atoms with Crippen LogP contribution >= 0.6 is 0 Å². The Morgan fingerprint density at radius 3 is 2.79 bits per heavy atom. The summed E-state index contributed by atoms with van der Waals surface area (Å²) < 4.78 is 5.40. The molecular weight excluding hydrogens is 302 g/mol. The molecule has 2 aliphatic rings. The van der Waals surface area contributed by atoms with E-state index in [2.05, 4.69) is 38.8 Å². The molecule has 0 saturated carbocycles. The van der Waals surface area contributed by atoms with E-state index in [-0.39, 0.29) is 0 Å². The van der Waals surface area contributed by atoms with Gasteiger partial charge in [0.15, 0.2) is 5.82 Å². The fourth-order valence-corrected chi connectivity index (χ4v) is 4.37. The predicted molar refractivity (Wildman–Crippen MR) is 92.9 cm³/mol. The molecule has 2 bridgehead atoms. The summed E-state index contributed by atoms with van der Waals surface area (Å²) in [6.07, 6.45) is 5.65. The molecule has 6 heteroatoms. The summed E-state index contributed by atoms with van der Waals surface area (Å²) in [4.78, 5) is 14.2. The van der Waals surface area contributed by atoms with Gasteiger partial charge in [-0.25, -0.2) is 4.98 Å². The lowest BCUT2D eigenvalue weighted by molar-refractivity contribution is 0.158. The quantitative estimate of drug-likeness (QED) is 0.864. The molecule has 128 valence electrons. The summed E-state index contributed by atoms with van der Waals surface area (Å²) >= 11 is 0. The van der Waals surface area contributed by atoms with Crippen molar-refractivity contribution in [3.63, 3.8) is 0 Å². The van der Waals surface area contributed by atoms with Gasteiger partial charge in [0.2, 0.25) is 0 Å². The zero-order valence-corrected chi connectivity index (χ0v) is 14.6. The van der Waals surface area contributed by atoms with Crippen LogP contribution in [-0.2, 0) is 0 Å². The van der Waals surface area contributed by atoms with Crippen molar-refractivity contribution in [2.45, 2.75) is 58.2 Å². The van der Waals surface area contributed by atoms with Crippen molar-refractivity contribution < 1.29 is 4.52 Å². The van der Waals surface area contributed by atoms with Crippen molar-refractivity contribution in [1.82, 2.24) is 20.0 Å². The van der Waals surface area contributed by atoms with Crippen LogP contribution in [0.15, 0.2) is 22.9 Å². The molecule has 0 N–H and O–H groups in total. The molecular formula is C18H25N5O. The van der Waals surface area contributed by atoms with Gasteiger partial charge in [0.25, 0.3) is 5.89 Å². The van der Waals surface area contributed by atoms with E-state index in [0.29, 0.717) is 29.8 Å². The maximum atomic E-state index is 5.40. The third-order valence-corrected chi connectivity index (χ3v) is 5.28. The fraction of sp³-hybridized carbons (Fsp3) is 0.611. The number of nitrogens with zero attached hydrogens (tertiary/aromatic N) is 5. The maximum Gasteiger partial charge on any atom is 0.261 e. The molecule has 6 nitrogen and oxygen atoms in total. The van der Waals surface area contributed by atoms with Crippen molar-refractivity contribution in [2.75, 3.05) is 18.0 Å². The van der Waals surface area contributed by atoms with Gasteiger partial charge in [-0.05, 0) is 52.2 Å². The topological polar surface area (TPSA) is 58.3 Å². The number of aromatic nitrogens is 3. The zero-order chi connectivity index (χ0) is 16.7. The third kappa shape index (κ3) is 2.69. The SMILES string of the molecule is Cc1noc(-c2cccnc2N2CCC3CCC(C2)N3C(C)C)n1. The molecule has 0 radical (unpaired) electrons. The largest absolute Gasteiger partial charge is 0.354 e. The number of aryl methyl sites for hydroxylation is 1. The van der Waals surface area contributed by atoms with Crippen LogP contribution in [0, 0.1) is 6.92 Å². The minimum atomic E-state index is 0.561. The Labute approximate surface area is 142 Å². The number of pyridine rings is 1. The highest BCUT2D eigenvalue weighted by molar-refractivity contribution is 5.69. The van der Waals surface area contributed by atoms with E-state index >= 15 is 0 Å². The Hall–Kier alpha value is -1.95. The summed E-state index contributed by atoms with van der Waals surface area (Å²) in [6.45, 7) is 8.52. The molecule has 24 heavy (non-hydrogen) atoms. The fourth-order valence-electron chi connectivity index (χ4n) is 4.37. The van der Waals surface area contributed by atoms with Crippen LogP contribution in [0.2, 0.25) is 0 Å². The molecule has 2 fully saturated rings. The molecule has 2 unspecified atom stereocenters. The van der Waals surface area contributed by atoms with Crippen molar-refractivity contribution in [3.8, 4) is 11.5 Å². The van der Waals surface area contributed by atoms with Gasteiger partial charge in [0.05, 0.1) is 5.56 Å². The number of rotatable bonds is 3. The van der Waals surface area contributed by atoms with Crippen LogP contribution < -0.4 is 4.90 Å². The van der Waals surface area contributed by atoms with Gasteiger partial charge in [-0.1, -0.05) is 5.16 Å². The van der Waals surface area contributed by atoms with Crippen molar-refractivity contribution in [1.29, 1.82) is 0 Å². The van der Waals surface area contributed by atoms with Crippen LogP contribution in [0.3, 0.4) is 0 Å². The molecule has 2 atom stereocenters. The first-order valence-electron chi connectivity index (χ1n) is 8.91. The highest BCUT2D eigenvalue weighted by atomic mass is 16.5. The highest BCUT2D eigenvalue weighted by Gasteiger charge is 2.39. The summed E-state index contributed by atoms with van der Waals surface area (Å²) in [5.74, 6) is 2.18. The van der Waals surface area contributed by atoms with Crippen LogP contribution in [0.5, 0.6) is 0 Å². The molecule has 0 aliphatic carbocycles. The van der Waals surface area contributed by atoms with E-state index in [4.69, 9.17) is 4.52 Å². The van der Waals surface area contributed by atoms with Gasteiger partial charge in [-0.15, -0.1) is 0 Å². The third-order valence-electron chi connectivity index (χ3n) is 5.28. The molecule has 0 amide bonds. The van der Waals surface area contributed by atoms with Crippen molar-refractivity contribution in [3.05, 3.63) is 24.2 Å². The van der Waals surface area contributed by atoms with Crippen LogP contribution in [0.4, 0.5) is 5.82 Å². The molecule has 2 aliphatic heterocycles. The summed E-state index contributed by atoms with van der Waals surface area (Å²) in [5, 5.41) is 3.93. The van der Waals surface area contributed by atoms with Gasteiger partial charge in [0, 0.05) is 37.4 Å². The smallest absolute Gasteiger partial charge is 0.261 e. The Balaban J connectivity index is 1.65. The first-order chi connectivity index (χ1) is 11.6. The Morgan fingerprint density at radius 2 is 2.04 bits per heavy atom. The van der Waals surface area contributed by atoms with Crippen molar-refractivity contribution in [2.24, 2.45) is 0 Å².